The molecule has 0 fully saturated rings. The average molecular weight is 253 g/mol. The van der Waals surface area contributed by atoms with Crippen molar-refractivity contribution in [3.63, 3.8) is 0 Å². The fourth-order valence-electron chi connectivity index (χ4n) is 1.50. The molecule has 2 rings (SSSR count). The molecule has 2 heterocycles. The Kier molecular flexibility index (Phi) is 3.58. The van der Waals surface area contributed by atoms with Crippen molar-refractivity contribution in [2.24, 2.45) is 0 Å². The van der Waals surface area contributed by atoms with E-state index in [1.807, 2.05) is 13.1 Å². The van der Waals surface area contributed by atoms with E-state index in [2.05, 4.69) is 15.3 Å². The molecule has 0 saturated carbocycles. The fourth-order valence-corrected chi connectivity index (χ4v) is 2.12. The summed E-state index contributed by atoms with van der Waals surface area (Å²) >= 11 is 0. The molecule has 7 heteroatoms. The van der Waals surface area contributed by atoms with Gasteiger partial charge in [0.1, 0.15) is 5.82 Å². The molecule has 3 N–H and O–H groups in total. The molecule has 92 valence electrons. The van der Waals surface area contributed by atoms with Crippen LogP contribution in [-0.2, 0) is 10.8 Å². The SMILES string of the molecule is CCS(=O)CCNc1nc(N)cn2ccnc12. The minimum Gasteiger partial charge on any atom is -0.382 e. The van der Waals surface area contributed by atoms with E-state index >= 15 is 0 Å². The molecule has 0 spiro atoms. The third-order valence-corrected chi connectivity index (χ3v) is 3.64. The van der Waals surface area contributed by atoms with Crippen molar-refractivity contribution in [1.29, 1.82) is 0 Å². The van der Waals surface area contributed by atoms with Gasteiger partial charge >= 0.3 is 0 Å². The van der Waals surface area contributed by atoms with E-state index in [0.717, 1.165) is 5.65 Å². The first-order valence-electron chi connectivity index (χ1n) is 5.38. The Balaban J connectivity index is 2.12. The van der Waals surface area contributed by atoms with Gasteiger partial charge in [-0.1, -0.05) is 6.92 Å². The Morgan fingerprint density at radius 3 is 3.18 bits per heavy atom. The molecule has 0 amide bonds. The lowest BCUT2D eigenvalue weighted by Gasteiger charge is -2.07. The van der Waals surface area contributed by atoms with Crippen LogP contribution in [0, 0.1) is 0 Å². The predicted molar refractivity (Wildman–Crippen MR) is 69.4 cm³/mol. The summed E-state index contributed by atoms with van der Waals surface area (Å²) in [5.41, 5.74) is 6.41. The van der Waals surface area contributed by atoms with Gasteiger partial charge in [0.05, 0.1) is 6.20 Å². The lowest BCUT2D eigenvalue weighted by atomic mass is 10.5. The first-order valence-corrected chi connectivity index (χ1v) is 6.87. The quantitative estimate of drug-likeness (QED) is 0.810. The number of hydrogen-bond donors (Lipinski definition) is 2. The van der Waals surface area contributed by atoms with Crippen molar-refractivity contribution in [1.82, 2.24) is 14.4 Å². The molecule has 17 heavy (non-hydrogen) atoms. The van der Waals surface area contributed by atoms with Crippen LogP contribution in [0.4, 0.5) is 11.6 Å². The van der Waals surface area contributed by atoms with E-state index in [1.165, 1.54) is 0 Å². The van der Waals surface area contributed by atoms with Crippen molar-refractivity contribution in [3.8, 4) is 0 Å². The molecular weight excluding hydrogens is 238 g/mol. The maximum Gasteiger partial charge on any atom is 0.180 e. The van der Waals surface area contributed by atoms with Crippen LogP contribution in [0.1, 0.15) is 6.92 Å². The van der Waals surface area contributed by atoms with Crippen molar-refractivity contribution >= 4 is 28.1 Å². The number of nitrogens with two attached hydrogens (primary N) is 1. The predicted octanol–water partition coefficient (Wildman–Crippen LogP) is 0.492. The van der Waals surface area contributed by atoms with Crippen molar-refractivity contribution in [2.45, 2.75) is 6.92 Å². The normalized spacial score (nSPS) is 12.8. The summed E-state index contributed by atoms with van der Waals surface area (Å²) in [6, 6.07) is 0. The summed E-state index contributed by atoms with van der Waals surface area (Å²) in [7, 11) is -0.779. The number of hydrogen-bond acceptors (Lipinski definition) is 5. The number of nitrogens with one attached hydrogen (secondary N) is 1. The van der Waals surface area contributed by atoms with Gasteiger partial charge in [0.25, 0.3) is 0 Å². The number of anilines is 2. The van der Waals surface area contributed by atoms with Gasteiger partial charge in [-0.05, 0) is 0 Å². The van der Waals surface area contributed by atoms with Gasteiger partial charge in [0.2, 0.25) is 0 Å². The van der Waals surface area contributed by atoms with Crippen LogP contribution in [0.2, 0.25) is 0 Å². The largest absolute Gasteiger partial charge is 0.382 e. The molecule has 0 aliphatic rings. The molecule has 0 aliphatic heterocycles. The third-order valence-electron chi connectivity index (χ3n) is 2.34. The van der Waals surface area contributed by atoms with E-state index in [4.69, 9.17) is 5.73 Å². The summed E-state index contributed by atoms with van der Waals surface area (Å²) in [4.78, 5) is 8.36. The number of imidazole rings is 1. The summed E-state index contributed by atoms with van der Waals surface area (Å²) in [6.07, 6.45) is 5.20. The highest BCUT2D eigenvalue weighted by atomic mass is 32.2. The maximum absolute atomic E-state index is 11.3. The summed E-state index contributed by atoms with van der Waals surface area (Å²) in [5, 5.41) is 3.11. The zero-order valence-electron chi connectivity index (χ0n) is 9.59. The molecular formula is C10H15N5OS. The van der Waals surface area contributed by atoms with E-state index in [1.54, 1.807) is 16.8 Å². The molecule has 0 saturated heterocycles. The van der Waals surface area contributed by atoms with Gasteiger partial charge in [-0.3, -0.25) is 4.21 Å². The van der Waals surface area contributed by atoms with Gasteiger partial charge in [0.15, 0.2) is 11.5 Å². The van der Waals surface area contributed by atoms with Gasteiger partial charge in [-0.15, -0.1) is 0 Å². The topological polar surface area (TPSA) is 85.3 Å². The Hall–Kier alpha value is -1.63. The number of nitrogens with zero attached hydrogens (tertiary/aromatic N) is 3. The summed E-state index contributed by atoms with van der Waals surface area (Å²) in [5.74, 6) is 2.32. The zero-order chi connectivity index (χ0) is 12.3. The monoisotopic (exact) mass is 253 g/mol. The summed E-state index contributed by atoms with van der Waals surface area (Å²) in [6.45, 7) is 2.50. The minimum atomic E-state index is -0.779. The molecule has 0 bridgehead atoms. The molecule has 1 unspecified atom stereocenters. The number of fused-ring (bicyclic) bond motifs is 1. The number of aromatic nitrogens is 3. The van der Waals surface area contributed by atoms with Gasteiger partial charge in [-0.2, -0.15) is 0 Å². The maximum atomic E-state index is 11.3. The second-order valence-electron chi connectivity index (χ2n) is 3.53. The Labute approximate surface area is 102 Å². The van der Waals surface area contributed by atoms with Crippen molar-refractivity contribution < 1.29 is 4.21 Å². The van der Waals surface area contributed by atoms with Crippen LogP contribution in [0.3, 0.4) is 0 Å². The Bertz CT molecular complexity index is 538. The molecule has 6 nitrogen and oxygen atoms in total. The number of rotatable bonds is 5. The Morgan fingerprint density at radius 2 is 2.41 bits per heavy atom. The van der Waals surface area contributed by atoms with Crippen LogP contribution in [0.15, 0.2) is 18.6 Å². The van der Waals surface area contributed by atoms with E-state index in [0.29, 0.717) is 29.7 Å². The highest BCUT2D eigenvalue weighted by molar-refractivity contribution is 7.84. The molecule has 2 aromatic rings. The van der Waals surface area contributed by atoms with Crippen LogP contribution in [-0.4, -0.2) is 36.6 Å². The van der Waals surface area contributed by atoms with Crippen molar-refractivity contribution in [2.75, 3.05) is 29.1 Å². The standard InChI is InChI=1S/C10H15N5OS/c1-2-17(16)6-4-12-9-10-13-3-5-15(10)7-8(11)14-9/h3,5,7H,2,4,6,11H2,1H3,(H,12,14). The van der Waals surface area contributed by atoms with Crippen LogP contribution < -0.4 is 11.1 Å². The second kappa shape index (κ2) is 5.13. The van der Waals surface area contributed by atoms with Gasteiger partial charge in [-0.25, -0.2) is 9.97 Å². The van der Waals surface area contributed by atoms with Gasteiger partial charge < -0.3 is 15.5 Å². The first-order chi connectivity index (χ1) is 8.20. The zero-order valence-corrected chi connectivity index (χ0v) is 10.4. The van der Waals surface area contributed by atoms with E-state index in [9.17, 15) is 4.21 Å². The molecule has 2 aromatic heterocycles. The fraction of sp³-hybridized carbons (Fsp3) is 0.400. The highest BCUT2D eigenvalue weighted by Gasteiger charge is 2.05. The second-order valence-corrected chi connectivity index (χ2v) is 5.40. The lowest BCUT2D eigenvalue weighted by Crippen LogP contribution is -2.14. The van der Waals surface area contributed by atoms with Crippen LogP contribution >= 0.6 is 0 Å². The minimum absolute atomic E-state index is 0.426. The van der Waals surface area contributed by atoms with E-state index in [-0.39, 0.29) is 0 Å². The molecule has 1 atom stereocenters. The van der Waals surface area contributed by atoms with E-state index < -0.39 is 10.8 Å². The smallest absolute Gasteiger partial charge is 0.180 e. The molecule has 0 aliphatic carbocycles. The van der Waals surface area contributed by atoms with Gasteiger partial charge in [0, 0.05) is 41.2 Å². The average Bonchev–Trinajstić information content (AvgIpc) is 2.76. The number of nitrogen functional groups attached to an aromatic ring is 1. The first kappa shape index (κ1) is 11.8. The molecule has 0 radical (unpaired) electrons. The summed E-state index contributed by atoms with van der Waals surface area (Å²) < 4.78 is 13.1. The van der Waals surface area contributed by atoms with Crippen LogP contribution in [0.5, 0.6) is 0 Å². The highest BCUT2D eigenvalue weighted by Crippen LogP contribution is 2.13. The Morgan fingerprint density at radius 1 is 1.59 bits per heavy atom. The van der Waals surface area contributed by atoms with Crippen LogP contribution in [0.25, 0.3) is 5.65 Å². The lowest BCUT2D eigenvalue weighted by molar-refractivity contribution is 0.684. The third kappa shape index (κ3) is 2.73. The molecule has 0 aromatic carbocycles. The van der Waals surface area contributed by atoms with Crippen molar-refractivity contribution in [3.05, 3.63) is 18.6 Å².